The maximum atomic E-state index is 12.5. The van der Waals surface area contributed by atoms with Gasteiger partial charge in [-0.25, -0.2) is 13.1 Å². The quantitative estimate of drug-likeness (QED) is 0.830. The van der Waals surface area contributed by atoms with Crippen molar-refractivity contribution in [2.75, 3.05) is 12.4 Å². The van der Waals surface area contributed by atoms with E-state index in [0.29, 0.717) is 23.3 Å². The maximum Gasteiger partial charge on any atom is 0.241 e. The first-order valence-corrected chi connectivity index (χ1v) is 8.87. The van der Waals surface area contributed by atoms with E-state index in [0.717, 1.165) is 12.0 Å². The second kappa shape index (κ2) is 6.73. The number of aromatic nitrogens is 1. The molecule has 1 atom stereocenters. The SMILES string of the molecule is Cc1ccc(S(=O)(=O)NCC(C)CCCl)c2cccnc12. The molecule has 0 radical (unpaired) electrons. The summed E-state index contributed by atoms with van der Waals surface area (Å²) in [6.45, 7) is 4.27. The van der Waals surface area contributed by atoms with Crippen molar-refractivity contribution in [3.8, 4) is 0 Å². The first kappa shape index (κ1) is 16.2. The average molecular weight is 327 g/mol. The van der Waals surface area contributed by atoms with E-state index >= 15 is 0 Å². The largest absolute Gasteiger partial charge is 0.256 e. The molecule has 4 nitrogen and oxygen atoms in total. The number of alkyl halides is 1. The number of rotatable bonds is 6. The molecular formula is C15H19ClN2O2S. The van der Waals surface area contributed by atoms with E-state index in [-0.39, 0.29) is 10.8 Å². The summed E-state index contributed by atoms with van der Waals surface area (Å²) < 4.78 is 27.6. The van der Waals surface area contributed by atoms with E-state index in [1.165, 1.54) is 0 Å². The van der Waals surface area contributed by atoms with Crippen LogP contribution in [0.3, 0.4) is 0 Å². The van der Waals surface area contributed by atoms with Crippen LogP contribution in [0.15, 0.2) is 35.4 Å². The number of hydrogen-bond donors (Lipinski definition) is 1. The minimum atomic E-state index is -3.55. The lowest BCUT2D eigenvalue weighted by atomic mass is 10.1. The summed E-state index contributed by atoms with van der Waals surface area (Å²) >= 11 is 5.67. The van der Waals surface area contributed by atoms with Gasteiger partial charge in [0.2, 0.25) is 10.0 Å². The predicted molar refractivity (Wildman–Crippen MR) is 86.2 cm³/mol. The molecule has 1 aromatic heterocycles. The van der Waals surface area contributed by atoms with E-state index < -0.39 is 10.0 Å². The Morgan fingerprint density at radius 2 is 2.10 bits per heavy atom. The molecule has 1 aromatic carbocycles. The molecule has 6 heteroatoms. The van der Waals surface area contributed by atoms with Gasteiger partial charge in [0.15, 0.2) is 0 Å². The summed E-state index contributed by atoms with van der Waals surface area (Å²) in [6, 6.07) is 6.95. The van der Waals surface area contributed by atoms with Crippen LogP contribution in [-0.4, -0.2) is 25.8 Å². The Morgan fingerprint density at radius 1 is 1.33 bits per heavy atom. The fourth-order valence-corrected chi connectivity index (χ4v) is 3.87. The molecule has 1 unspecified atom stereocenters. The highest BCUT2D eigenvalue weighted by atomic mass is 35.5. The molecule has 0 saturated heterocycles. The molecule has 2 rings (SSSR count). The molecule has 0 aliphatic heterocycles. The van der Waals surface area contributed by atoms with Crippen LogP contribution in [0.1, 0.15) is 18.9 Å². The third-order valence-electron chi connectivity index (χ3n) is 3.44. The Labute approximate surface area is 130 Å². The van der Waals surface area contributed by atoms with Gasteiger partial charge in [-0.05, 0) is 43.0 Å². The Morgan fingerprint density at radius 3 is 2.81 bits per heavy atom. The predicted octanol–water partition coefficient (Wildman–Crippen LogP) is 3.09. The highest BCUT2D eigenvalue weighted by Crippen LogP contribution is 2.24. The second-order valence-electron chi connectivity index (χ2n) is 5.21. The highest BCUT2D eigenvalue weighted by Gasteiger charge is 2.19. The van der Waals surface area contributed by atoms with Crippen LogP contribution in [0.2, 0.25) is 0 Å². The Kier molecular flexibility index (Phi) is 5.19. The summed E-state index contributed by atoms with van der Waals surface area (Å²) in [4.78, 5) is 4.54. The first-order chi connectivity index (χ1) is 9.95. The lowest BCUT2D eigenvalue weighted by Crippen LogP contribution is -2.28. The van der Waals surface area contributed by atoms with Crippen molar-refractivity contribution in [2.45, 2.75) is 25.2 Å². The fraction of sp³-hybridized carbons (Fsp3) is 0.400. The zero-order valence-electron chi connectivity index (χ0n) is 12.1. The van der Waals surface area contributed by atoms with Gasteiger partial charge in [0, 0.05) is 24.0 Å². The topological polar surface area (TPSA) is 59.1 Å². The number of aryl methyl sites for hydroxylation is 1. The summed E-state index contributed by atoms with van der Waals surface area (Å²) in [5, 5.41) is 0.648. The zero-order valence-corrected chi connectivity index (χ0v) is 13.7. The van der Waals surface area contributed by atoms with E-state index in [2.05, 4.69) is 9.71 Å². The molecule has 0 amide bonds. The van der Waals surface area contributed by atoms with Crippen LogP contribution >= 0.6 is 11.6 Å². The Balaban J connectivity index is 2.35. The number of pyridine rings is 1. The van der Waals surface area contributed by atoms with Gasteiger partial charge in [-0.15, -0.1) is 11.6 Å². The highest BCUT2D eigenvalue weighted by molar-refractivity contribution is 7.89. The third-order valence-corrected chi connectivity index (χ3v) is 5.14. The van der Waals surface area contributed by atoms with Crippen molar-refractivity contribution >= 4 is 32.5 Å². The molecule has 0 aliphatic carbocycles. The van der Waals surface area contributed by atoms with Crippen molar-refractivity contribution in [1.82, 2.24) is 9.71 Å². The van der Waals surface area contributed by atoms with Crippen molar-refractivity contribution in [3.63, 3.8) is 0 Å². The molecule has 2 aromatic rings. The molecule has 0 spiro atoms. The molecule has 1 heterocycles. The van der Waals surface area contributed by atoms with Crippen molar-refractivity contribution in [2.24, 2.45) is 5.92 Å². The maximum absolute atomic E-state index is 12.5. The van der Waals surface area contributed by atoms with Gasteiger partial charge in [0.1, 0.15) is 0 Å². The van der Waals surface area contributed by atoms with E-state index in [4.69, 9.17) is 11.6 Å². The molecule has 1 N–H and O–H groups in total. The fourth-order valence-electron chi connectivity index (χ4n) is 2.14. The van der Waals surface area contributed by atoms with Gasteiger partial charge in [-0.3, -0.25) is 4.98 Å². The monoisotopic (exact) mass is 326 g/mol. The van der Waals surface area contributed by atoms with Crippen molar-refractivity contribution < 1.29 is 8.42 Å². The number of halogens is 1. The lowest BCUT2D eigenvalue weighted by molar-refractivity contribution is 0.530. The summed E-state index contributed by atoms with van der Waals surface area (Å²) in [7, 11) is -3.55. The van der Waals surface area contributed by atoms with Crippen LogP contribution in [0.4, 0.5) is 0 Å². The van der Waals surface area contributed by atoms with Gasteiger partial charge in [0.25, 0.3) is 0 Å². The van der Waals surface area contributed by atoms with Crippen molar-refractivity contribution in [3.05, 3.63) is 36.0 Å². The third kappa shape index (κ3) is 3.73. The summed E-state index contributed by atoms with van der Waals surface area (Å²) in [6.07, 6.45) is 2.45. The molecule has 0 fully saturated rings. The van der Waals surface area contributed by atoms with E-state index in [1.54, 1.807) is 30.5 Å². The van der Waals surface area contributed by atoms with E-state index in [1.807, 2.05) is 13.8 Å². The van der Waals surface area contributed by atoms with Crippen LogP contribution in [0, 0.1) is 12.8 Å². The molecular weight excluding hydrogens is 308 g/mol. The number of fused-ring (bicyclic) bond motifs is 1. The minimum absolute atomic E-state index is 0.201. The number of nitrogens with zero attached hydrogens (tertiary/aromatic N) is 1. The molecule has 21 heavy (non-hydrogen) atoms. The van der Waals surface area contributed by atoms with Crippen LogP contribution < -0.4 is 4.72 Å². The molecule has 0 aliphatic rings. The van der Waals surface area contributed by atoms with Gasteiger partial charge >= 0.3 is 0 Å². The van der Waals surface area contributed by atoms with Crippen LogP contribution in [0.5, 0.6) is 0 Å². The normalized spacial score (nSPS) is 13.5. The lowest BCUT2D eigenvalue weighted by Gasteiger charge is -2.13. The number of benzene rings is 1. The van der Waals surface area contributed by atoms with Gasteiger partial charge in [-0.1, -0.05) is 13.0 Å². The molecule has 0 saturated carbocycles. The van der Waals surface area contributed by atoms with Crippen molar-refractivity contribution in [1.29, 1.82) is 0 Å². The standard InChI is InChI=1S/C15H19ClN2O2S/c1-11(7-8-16)10-18-21(19,20)14-6-5-12(2)15-13(14)4-3-9-17-15/h3-6,9,11,18H,7-8,10H2,1-2H3. The number of nitrogens with one attached hydrogen (secondary N) is 1. The summed E-state index contributed by atoms with van der Waals surface area (Å²) in [5.74, 6) is 0.729. The minimum Gasteiger partial charge on any atom is -0.256 e. The number of hydrogen-bond acceptors (Lipinski definition) is 3. The molecule has 0 bridgehead atoms. The Bertz CT molecular complexity index is 732. The zero-order chi connectivity index (χ0) is 15.5. The van der Waals surface area contributed by atoms with Gasteiger partial charge in [-0.2, -0.15) is 0 Å². The second-order valence-corrected chi connectivity index (χ2v) is 7.33. The summed E-state index contributed by atoms with van der Waals surface area (Å²) in [5.41, 5.74) is 1.68. The van der Waals surface area contributed by atoms with Gasteiger partial charge < -0.3 is 0 Å². The van der Waals surface area contributed by atoms with Crippen LogP contribution in [-0.2, 0) is 10.0 Å². The smallest absolute Gasteiger partial charge is 0.241 e. The average Bonchev–Trinajstić information content (AvgIpc) is 2.46. The first-order valence-electron chi connectivity index (χ1n) is 6.85. The van der Waals surface area contributed by atoms with E-state index in [9.17, 15) is 8.42 Å². The molecule has 114 valence electrons. The Hall–Kier alpha value is -1.17. The van der Waals surface area contributed by atoms with Crippen LogP contribution in [0.25, 0.3) is 10.9 Å². The van der Waals surface area contributed by atoms with Gasteiger partial charge in [0.05, 0.1) is 10.4 Å². The number of sulfonamides is 1.